The van der Waals surface area contributed by atoms with Gasteiger partial charge in [-0.1, -0.05) is 0 Å². The Morgan fingerprint density at radius 2 is 2.33 bits per heavy atom. The molecule has 0 aliphatic heterocycles. The number of rotatable bonds is 1. The van der Waals surface area contributed by atoms with Gasteiger partial charge in [0.2, 0.25) is 0 Å². The highest BCUT2D eigenvalue weighted by Gasteiger charge is 1.81. The molecule has 0 aliphatic rings. The summed E-state index contributed by atoms with van der Waals surface area (Å²) in [5.41, 5.74) is 4.45. The molecule has 0 saturated carbocycles. The molecule has 0 aliphatic carbocycles. The molecular formula is CH3N2O2P. The van der Waals surface area contributed by atoms with E-state index in [0.29, 0.717) is 0 Å². The van der Waals surface area contributed by atoms with Crippen LogP contribution in [-0.2, 0) is 4.57 Å². The molecule has 2 amide bonds. The summed E-state index contributed by atoms with van der Waals surface area (Å²) in [4.78, 5) is 9.50. The fourth-order valence-corrected chi connectivity index (χ4v) is 0.135. The van der Waals surface area contributed by atoms with Gasteiger partial charge in [0.1, 0.15) is 0 Å². The summed E-state index contributed by atoms with van der Waals surface area (Å²) in [7, 11) is -0.451. The van der Waals surface area contributed by atoms with E-state index >= 15 is 0 Å². The van der Waals surface area contributed by atoms with Crippen molar-refractivity contribution in [1.29, 1.82) is 0 Å². The Hall–Kier alpha value is -0.630. The number of hydrogen-bond acceptors (Lipinski definition) is 2. The van der Waals surface area contributed by atoms with E-state index in [9.17, 15) is 9.36 Å². The maximum absolute atomic E-state index is 9.50. The highest BCUT2D eigenvalue weighted by atomic mass is 31.1. The van der Waals surface area contributed by atoms with E-state index in [1.165, 1.54) is 0 Å². The molecule has 6 heavy (non-hydrogen) atoms. The minimum Gasteiger partial charge on any atom is -0.351 e. The van der Waals surface area contributed by atoms with Gasteiger partial charge in [-0.3, -0.25) is 5.09 Å². The molecule has 0 saturated heterocycles. The molecular weight excluding hydrogens is 103 g/mol. The SMILES string of the molecule is NC(=O)NP=O. The number of nitrogens with one attached hydrogen (secondary N) is 1. The van der Waals surface area contributed by atoms with Crippen molar-refractivity contribution < 1.29 is 9.36 Å². The van der Waals surface area contributed by atoms with Crippen LogP contribution < -0.4 is 10.8 Å². The number of urea groups is 1. The minimum absolute atomic E-state index is 0.451. The van der Waals surface area contributed by atoms with Crippen molar-refractivity contribution in [1.82, 2.24) is 5.09 Å². The van der Waals surface area contributed by atoms with Crippen molar-refractivity contribution in [2.45, 2.75) is 0 Å². The molecule has 0 heterocycles. The summed E-state index contributed by atoms with van der Waals surface area (Å²) >= 11 is 0. The Balaban J connectivity index is 3.05. The second-order valence-electron chi connectivity index (χ2n) is 0.567. The van der Waals surface area contributed by atoms with Gasteiger partial charge in [-0.05, 0) is 0 Å². The minimum atomic E-state index is -0.785. The van der Waals surface area contributed by atoms with Crippen molar-refractivity contribution in [3.8, 4) is 0 Å². The van der Waals surface area contributed by atoms with Gasteiger partial charge in [0.05, 0.1) is 0 Å². The summed E-state index contributed by atoms with van der Waals surface area (Å²) in [6.45, 7) is 0. The number of carbonyl (C=O) groups excluding carboxylic acids is 1. The van der Waals surface area contributed by atoms with Crippen LogP contribution in [0.5, 0.6) is 0 Å². The first kappa shape index (κ1) is 5.37. The monoisotopic (exact) mass is 106 g/mol. The summed E-state index contributed by atoms with van der Waals surface area (Å²) in [5.74, 6) is 0. The van der Waals surface area contributed by atoms with E-state index in [4.69, 9.17) is 0 Å². The van der Waals surface area contributed by atoms with E-state index in [1.54, 1.807) is 5.09 Å². The van der Waals surface area contributed by atoms with Crippen molar-refractivity contribution >= 4 is 14.6 Å². The lowest BCUT2D eigenvalue weighted by Crippen LogP contribution is -2.20. The van der Waals surface area contributed by atoms with Crippen LogP contribution in [0.3, 0.4) is 0 Å². The zero-order valence-corrected chi connectivity index (χ0v) is 3.74. The molecule has 0 fully saturated rings. The fraction of sp³-hybridized carbons (Fsp3) is 0. The predicted octanol–water partition coefficient (Wildman–Crippen LogP) is -0.139. The average molecular weight is 106 g/mol. The lowest BCUT2D eigenvalue weighted by atomic mass is 11.2. The second kappa shape index (κ2) is 2.60. The molecule has 5 heteroatoms. The van der Waals surface area contributed by atoms with Gasteiger partial charge in [0.15, 0.2) is 0 Å². The molecule has 0 atom stereocenters. The van der Waals surface area contributed by atoms with Gasteiger partial charge in [0.25, 0.3) is 8.61 Å². The number of nitrogens with two attached hydrogens (primary N) is 1. The van der Waals surface area contributed by atoms with Crippen LogP contribution in [0.15, 0.2) is 0 Å². The lowest BCUT2D eigenvalue weighted by molar-refractivity contribution is 0.254. The zero-order valence-electron chi connectivity index (χ0n) is 2.84. The number of primary amides is 1. The highest BCUT2D eigenvalue weighted by Crippen LogP contribution is 1.74. The Kier molecular flexibility index (Phi) is 2.33. The lowest BCUT2D eigenvalue weighted by Gasteiger charge is -1.77. The first-order valence-corrected chi connectivity index (χ1v) is 1.96. The third-order valence-corrected chi connectivity index (χ3v) is 0.468. The van der Waals surface area contributed by atoms with Crippen LogP contribution >= 0.6 is 8.61 Å². The molecule has 4 nitrogen and oxygen atoms in total. The van der Waals surface area contributed by atoms with Gasteiger partial charge < -0.3 is 5.73 Å². The van der Waals surface area contributed by atoms with Gasteiger partial charge in [-0.15, -0.1) is 0 Å². The molecule has 0 aromatic carbocycles. The van der Waals surface area contributed by atoms with Crippen LogP contribution in [0.2, 0.25) is 0 Å². The van der Waals surface area contributed by atoms with Crippen molar-refractivity contribution in [3.05, 3.63) is 0 Å². The second-order valence-corrected chi connectivity index (χ2v) is 0.974. The molecule has 0 radical (unpaired) electrons. The van der Waals surface area contributed by atoms with Gasteiger partial charge in [-0.2, -0.15) is 0 Å². The largest absolute Gasteiger partial charge is 0.351 e. The molecule has 0 unspecified atom stereocenters. The molecule has 34 valence electrons. The molecule has 0 bridgehead atoms. The molecule has 3 N–H and O–H groups in total. The van der Waals surface area contributed by atoms with E-state index in [2.05, 4.69) is 5.73 Å². The number of amides is 2. The van der Waals surface area contributed by atoms with E-state index in [0.717, 1.165) is 0 Å². The van der Waals surface area contributed by atoms with E-state index < -0.39 is 14.6 Å². The number of carbonyl (C=O) groups is 1. The van der Waals surface area contributed by atoms with Crippen LogP contribution in [0.4, 0.5) is 4.79 Å². The van der Waals surface area contributed by atoms with Gasteiger partial charge >= 0.3 is 6.03 Å². The van der Waals surface area contributed by atoms with Crippen LogP contribution in [0.25, 0.3) is 0 Å². The van der Waals surface area contributed by atoms with Crippen molar-refractivity contribution in [2.75, 3.05) is 0 Å². The molecule has 0 aromatic rings. The average Bonchev–Trinajstić information content (AvgIpc) is 1.35. The zero-order chi connectivity index (χ0) is 4.99. The van der Waals surface area contributed by atoms with Crippen LogP contribution in [-0.4, -0.2) is 6.03 Å². The Morgan fingerprint density at radius 1 is 1.83 bits per heavy atom. The summed E-state index contributed by atoms with van der Waals surface area (Å²) < 4.78 is 9.30. The topological polar surface area (TPSA) is 72.2 Å². The Labute approximate surface area is 36.0 Å². The molecule has 0 spiro atoms. The standard InChI is InChI=1S/CH3N2O2P/c2-1(4)3-6-5/h(H3,2,3,4,5). The first-order valence-electron chi connectivity index (χ1n) is 1.15. The van der Waals surface area contributed by atoms with Crippen molar-refractivity contribution in [3.63, 3.8) is 0 Å². The third-order valence-electron chi connectivity index (χ3n) is 0.156. The summed E-state index contributed by atoms with van der Waals surface area (Å²) in [5, 5.41) is 1.76. The molecule has 0 aromatic heterocycles. The predicted molar refractivity (Wildman–Crippen MR) is 20.3 cm³/mol. The summed E-state index contributed by atoms with van der Waals surface area (Å²) in [6, 6.07) is -0.785. The third kappa shape index (κ3) is 3.37. The van der Waals surface area contributed by atoms with Crippen molar-refractivity contribution in [2.24, 2.45) is 5.73 Å². The van der Waals surface area contributed by atoms with E-state index in [-0.39, 0.29) is 0 Å². The van der Waals surface area contributed by atoms with Crippen LogP contribution in [0.1, 0.15) is 0 Å². The Morgan fingerprint density at radius 3 is 2.33 bits per heavy atom. The Bertz CT molecular complexity index is 71.9. The number of hydrogen-bond donors (Lipinski definition) is 2. The van der Waals surface area contributed by atoms with Crippen LogP contribution in [0, 0.1) is 0 Å². The normalized spacial score (nSPS) is 8.00. The van der Waals surface area contributed by atoms with Gasteiger partial charge in [-0.25, -0.2) is 9.36 Å². The maximum atomic E-state index is 9.50. The quantitative estimate of drug-likeness (QED) is 0.456. The fourth-order valence-electron chi connectivity index (χ4n) is 0.0450. The van der Waals surface area contributed by atoms with E-state index in [1.807, 2.05) is 0 Å². The highest BCUT2D eigenvalue weighted by molar-refractivity contribution is 7.22. The summed E-state index contributed by atoms with van der Waals surface area (Å²) in [6.07, 6.45) is 0. The smallest absolute Gasteiger partial charge is 0.322 e. The van der Waals surface area contributed by atoms with Gasteiger partial charge in [0, 0.05) is 0 Å². The maximum Gasteiger partial charge on any atom is 0.322 e. The molecule has 0 rings (SSSR count). The first-order chi connectivity index (χ1) is 2.77.